The number of hydrogen-bond donors (Lipinski definition) is 0. The number of rotatable bonds is 12. The van der Waals surface area contributed by atoms with Crippen molar-refractivity contribution in [2.75, 3.05) is 0 Å². The van der Waals surface area contributed by atoms with Crippen LogP contribution in [0, 0.1) is 0 Å². The molecule has 3 nitrogen and oxygen atoms in total. The molecular formula is C20H50O3Si4. The maximum atomic E-state index is 6.88. The molecule has 7 heteroatoms. The van der Waals surface area contributed by atoms with Gasteiger partial charge in [0.05, 0.1) is 13.3 Å². The van der Waals surface area contributed by atoms with Gasteiger partial charge in [-0.1, -0.05) is 39.9 Å². The molecule has 0 saturated carbocycles. The molecule has 0 aromatic carbocycles. The van der Waals surface area contributed by atoms with Crippen LogP contribution in [0.15, 0.2) is 0 Å². The highest BCUT2D eigenvalue weighted by Crippen LogP contribution is 2.36. The van der Waals surface area contributed by atoms with Gasteiger partial charge in [0, 0.05) is 11.8 Å². The van der Waals surface area contributed by atoms with E-state index in [1.807, 2.05) is 0 Å². The van der Waals surface area contributed by atoms with Crippen LogP contribution in [0.25, 0.3) is 0 Å². The molecule has 0 aromatic rings. The average Bonchev–Trinajstić information content (AvgIpc) is 2.44. The van der Waals surface area contributed by atoms with Crippen molar-refractivity contribution in [2.45, 2.75) is 129 Å². The lowest BCUT2D eigenvalue weighted by atomic mass is 10.2. The predicted molar refractivity (Wildman–Crippen MR) is 132 cm³/mol. The second-order valence-corrected chi connectivity index (χ2v) is 27.9. The first-order valence-corrected chi connectivity index (χ1v) is 23.1. The molecule has 0 aliphatic carbocycles. The highest BCUT2D eigenvalue weighted by Gasteiger charge is 2.48. The monoisotopic (exact) mass is 450 g/mol. The molecule has 0 radical (unpaired) electrons. The summed E-state index contributed by atoms with van der Waals surface area (Å²) >= 11 is 0. The summed E-state index contributed by atoms with van der Waals surface area (Å²) in [6.07, 6.45) is 2.38. The predicted octanol–water partition coefficient (Wildman–Crippen LogP) is 6.57. The molecule has 5 atom stereocenters. The number of hydrogen-bond acceptors (Lipinski definition) is 3. The second kappa shape index (κ2) is 10.2. The molecule has 0 aliphatic rings. The fourth-order valence-corrected chi connectivity index (χ4v) is 14.0. The van der Waals surface area contributed by atoms with E-state index in [-0.39, 0.29) is 11.3 Å². The summed E-state index contributed by atoms with van der Waals surface area (Å²) < 4.78 is 20.2. The van der Waals surface area contributed by atoms with E-state index in [1.165, 1.54) is 0 Å². The van der Waals surface area contributed by atoms with E-state index in [1.54, 1.807) is 0 Å². The summed E-state index contributed by atoms with van der Waals surface area (Å²) in [5.74, 6) is 0. The zero-order valence-electron chi connectivity index (χ0n) is 20.9. The van der Waals surface area contributed by atoms with Crippen molar-refractivity contribution in [2.24, 2.45) is 0 Å². The van der Waals surface area contributed by atoms with Gasteiger partial charge in [0.2, 0.25) is 8.32 Å². The molecule has 0 spiro atoms. The maximum absolute atomic E-state index is 6.88. The van der Waals surface area contributed by atoms with Gasteiger partial charge in [-0.3, -0.25) is 0 Å². The minimum absolute atomic E-state index is 0.138. The lowest BCUT2D eigenvalue weighted by Crippen LogP contribution is -2.61. The maximum Gasteiger partial charge on any atom is 0.216 e. The molecule has 164 valence electrons. The summed E-state index contributed by atoms with van der Waals surface area (Å²) in [6.45, 7) is 32.5. The smallest absolute Gasteiger partial charge is 0.216 e. The van der Waals surface area contributed by atoms with E-state index in [0.717, 1.165) is 12.8 Å². The van der Waals surface area contributed by atoms with Crippen LogP contribution < -0.4 is 0 Å². The third-order valence-corrected chi connectivity index (χ3v) is 17.4. The average molecular weight is 451 g/mol. The van der Waals surface area contributed by atoms with Crippen molar-refractivity contribution < 1.29 is 13.3 Å². The molecule has 0 heterocycles. The van der Waals surface area contributed by atoms with Gasteiger partial charge >= 0.3 is 0 Å². The summed E-state index contributed by atoms with van der Waals surface area (Å²) in [5.41, 5.74) is 0.963. The highest BCUT2D eigenvalue weighted by molar-refractivity contribution is 6.78. The summed E-state index contributed by atoms with van der Waals surface area (Å²) in [4.78, 5) is 0. The fraction of sp³-hybridized carbons (Fsp3) is 1.00. The van der Waals surface area contributed by atoms with Gasteiger partial charge in [-0.2, -0.15) is 0 Å². The van der Waals surface area contributed by atoms with Crippen LogP contribution in [0.4, 0.5) is 0 Å². The van der Waals surface area contributed by atoms with Gasteiger partial charge < -0.3 is 13.3 Å². The first-order chi connectivity index (χ1) is 11.9. The topological polar surface area (TPSA) is 27.7 Å². The van der Waals surface area contributed by atoms with Gasteiger partial charge in [-0.05, 0) is 72.0 Å². The summed E-state index contributed by atoms with van der Waals surface area (Å²) in [7, 11) is -6.26. The standard InChI is InChI=1S/C20H50O3Si4/c1-15-19(24(6)21-18(4)25(7,8)9)17(3)22-27(13,14)20(5,16-2)23-26(10,11)12/h17-19,24H,15-16H2,1-14H3. The molecule has 5 unspecified atom stereocenters. The Morgan fingerprint density at radius 3 is 1.74 bits per heavy atom. The zero-order chi connectivity index (χ0) is 21.8. The first-order valence-electron chi connectivity index (χ1n) is 10.9. The van der Waals surface area contributed by atoms with Crippen molar-refractivity contribution >= 4 is 33.7 Å². The second-order valence-electron chi connectivity index (χ2n) is 11.1. The molecule has 0 rings (SSSR count). The van der Waals surface area contributed by atoms with Gasteiger partial charge in [0.1, 0.15) is 0 Å². The quantitative estimate of drug-likeness (QED) is 0.314. The first kappa shape index (κ1) is 27.7. The van der Waals surface area contributed by atoms with Crippen LogP contribution in [0.3, 0.4) is 0 Å². The molecule has 0 bridgehead atoms. The summed E-state index contributed by atoms with van der Waals surface area (Å²) in [6, 6.07) is 0. The van der Waals surface area contributed by atoms with Crippen LogP contribution in [-0.2, 0) is 13.3 Å². The van der Waals surface area contributed by atoms with E-state index in [9.17, 15) is 0 Å². The largest absolute Gasteiger partial charge is 0.420 e. The van der Waals surface area contributed by atoms with Crippen LogP contribution >= 0.6 is 0 Å². The minimum atomic E-state index is -2.04. The van der Waals surface area contributed by atoms with Gasteiger partial charge in [-0.15, -0.1) is 0 Å². The Hall–Kier alpha value is 0.748. The molecule has 0 amide bonds. The molecule has 0 N–H and O–H groups in total. The van der Waals surface area contributed by atoms with Crippen LogP contribution in [0.5, 0.6) is 0 Å². The summed E-state index contributed by atoms with van der Waals surface area (Å²) in [5, 5.41) is -0.138. The van der Waals surface area contributed by atoms with Gasteiger partial charge in [-0.25, -0.2) is 0 Å². The molecule has 0 aromatic heterocycles. The molecule has 0 aliphatic heterocycles. The van der Waals surface area contributed by atoms with Crippen LogP contribution in [0.2, 0.25) is 64.5 Å². The Morgan fingerprint density at radius 2 is 1.41 bits per heavy atom. The SMILES string of the molecule is CCC(C(C)O[Si](C)(C)C(C)(CC)O[Si](C)(C)C)[SiH](C)OC(C)[Si](C)(C)C. The lowest BCUT2D eigenvalue weighted by Gasteiger charge is -2.47. The molecule has 0 saturated heterocycles. The van der Waals surface area contributed by atoms with Crippen molar-refractivity contribution in [3.05, 3.63) is 0 Å². The Balaban J connectivity index is 5.30. The molecule has 0 fully saturated rings. The van der Waals surface area contributed by atoms with Crippen molar-refractivity contribution in [3.8, 4) is 0 Å². The van der Waals surface area contributed by atoms with E-state index >= 15 is 0 Å². The van der Waals surface area contributed by atoms with E-state index < -0.39 is 33.7 Å². The van der Waals surface area contributed by atoms with Crippen molar-refractivity contribution in [3.63, 3.8) is 0 Å². The molecular weight excluding hydrogens is 401 g/mol. The normalized spacial score (nSPS) is 20.7. The third-order valence-electron chi connectivity index (χ3n) is 6.28. The van der Waals surface area contributed by atoms with Crippen LogP contribution in [-0.4, -0.2) is 50.8 Å². The van der Waals surface area contributed by atoms with Gasteiger partial charge in [0.15, 0.2) is 17.4 Å². The fourth-order valence-electron chi connectivity index (χ4n) is 3.65. The van der Waals surface area contributed by atoms with E-state index in [0.29, 0.717) is 11.3 Å². The van der Waals surface area contributed by atoms with E-state index in [2.05, 4.69) is 93.5 Å². The Labute approximate surface area is 176 Å². The minimum Gasteiger partial charge on any atom is -0.420 e. The van der Waals surface area contributed by atoms with E-state index in [4.69, 9.17) is 13.3 Å². The Bertz CT molecular complexity index is 445. The lowest BCUT2D eigenvalue weighted by molar-refractivity contribution is 0.0930. The van der Waals surface area contributed by atoms with Crippen molar-refractivity contribution in [1.29, 1.82) is 0 Å². The van der Waals surface area contributed by atoms with Gasteiger partial charge in [0.25, 0.3) is 0 Å². The highest BCUT2D eigenvalue weighted by atomic mass is 28.4. The third kappa shape index (κ3) is 8.56. The molecule has 27 heavy (non-hydrogen) atoms. The Kier molecular flexibility index (Phi) is 10.5. The zero-order valence-corrected chi connectivity index (χ0v) is 25.1. The van der Waals surface area contributed by atoms with Crippen LogP contribution in [0.1, 0.15) is 47.5 Å². The van der Waals surface area contributed by atoms with Crippen molar-refractivity contribution in [1.82, 2.24) is 0 Å². The Morgan fingerprint density at radius 1 is 0.926 bits per heavy atom.